The van der Waals surface area contributed by atoms with Crippen molar-refractivity contribution in [2.45, 2.75) is 18.9 Å². The number of H-pyrrole nitrogens is 2. The predicted octanol–water partition coefficient (Wildman–Crippen LogP) is 3.90. The minimum absolute atomic E-state index is 0.0921. The molecule has 0 radical (unpaired) electrons. The number of benzene rings is 3. The van der Waals surface area contributed by atoms with Crippen LogP contribution in [-0.2, 0) is 17.6 Å². The van der Waals surface area contributed by atoms with Crippen molar-refractivity contribution >= 4 is 33.6 Å². The number of hydrogen-bond donors (Lipinski definition) is 6. The molecule has 0 unspecified atom stereocenters. The molecule has 3 aromatic carbocycles. The number of phenols is 2. The fraction of sp³-hybridized carbons (Fsp3) is 0.143. The van der Waals surface area contributed by atoms with Crippen LogP contribution in [0.25, 0.3) is 21.8 Å². The van der Waals surface area contributed by atoms with Gasteiger partial charge < -0.3 is 30.8 Å². The fourth-order valence-electron chi connectivity index (χ4n) is 4.42. The summed E-state index contributed by atoms with van der Waals surface area (Å²) in [4.78, 5) is 32.4. The van der Waals surface area contributed by atoms with Gasteiger partial charge in [0.1, 0.15) is 23.4 Å². The lowest BCUT2D eigenvalue weighted by atomic mass is 10.0. The van der Waals surface area contributed by atoms with Gasteiger partial charge >= 0.3 is 0 Å². The highest BCUT2D eigenvalue weighted by atomic mass is 18.2. The van der Waals surface area contributed by atoms with Crippen molar-refractivity contribution in [3.05, 3.63) is 95.6 Å². The molecule has 2 heterocycles. The van der Waals surface area contributed by atoms with Gasteiger partial charge in [-0.3, -0.25) is 9.59 Å². The minimum Gasteiger partial charge on any atom is -0.508 e. The van der Waals surface area contributed by atoms with Crippen LogP contribution < -0.4 is 10.6 Å². The van der Waals surface area contributed by atoms with Gasteiger partial charge in [0.2, 0.25) is 5.91 Å². The molecule has 0 saturated carbocycles. The molecular formula is C28H25FN4O4. The van der Waals surface area contributed by atoms with Crippen LogP contribution in [0.3, 0.4) is 0 Å². The first-order chi connectivity index (χ1) is 17.9. The van der Waals surface area contributed by atoms with E-state index in [4.69, 9.17) is 0 Å². The van der Waals surface area contributed by atoms with Gasteiger partial charge in [-0.15, -0.1) is 0 Å². The maximum atomic E-state index is 13.3. The van der Waals surface area contributed by atoms with E-state index in [1.165, 1.54) is 24.3 Å². The van der Waals surface area contributed by atoms with Crippen LogP contribution in [0.5, 0.6) is 11.5 Å². The van der Waals surface area contributed by atoms with Crippen molar-refractivity contribution in [2.24, 2.45) is 0 Å². The molecule has 37 heavy (non-hydrogen) atoms. The van der Waals surface area contributed by atoms with Crippen LogP contribution >= 0.6 is 0 Å². The van der Waals surface area contributed by atoms with Gasteiger partial charge in [0.25, 0.3) is 5.91 Å². The lowest BCUT2D eigenvalue weighted by Gasteiger charge is -2.18. The summed E-state index contributed by atoms with van der Waals surface area (Å²) in [7, 11) is 0. The molecule has 6 N–H and O–H groups in total. The van der Waals surface area contributed by atoms with Crippen molar-refractivity contribution in [3.8, 4) is 11.5 Å². The topological polar surface area (TPSA) is 130 Å². The minimum atomic E-state index is -0.925. The predicted molar refractivity (Wildman–Crippen MR) is 138 cm³/mol. The van der Waals surface area contributed by atoms with E-state index in [0.717, 1.165) is 32.9 Å². The number of aromatic hydroxyl groups is 2. The number of phenolic OH excluding ortho intramolecular Hbond substituents is 2. The van der Waals surface area contributed by atoms with E-state index in [0.29, 0.717) is 13.0 Å². The van der Waals surface area contributed by atoms with Crippen molar-refractivity contribution in [1.82, 2.24) is 20.6 Å². The molecule has 2 amide bonds. The number of hydrogen-bond acceptors (Lipinski definition) is 4. The van der Waals surface area contributed by atoms with Crippen LogP contribution in [0.4, 0.5) is 4.39 Å². The van der Waals surface area contributed by atoms with Crippen LogP contribution in [0.1, 0.15) is 21.5 Å². The molecule has 0 bridgehead atoms. The Morgan fingerprint density at radius 3 is 2.08 bits per heavy atom. The maximum Gasteiger partial charge on any atom is 0.251 e. The van der Waals surface area contributed by atoms with Crippen molar-refractivity contribution in [3.63, 3.8) is 0 Å². The Labute approximate surface area is 211 Å². The zero-order chi connectivity index (χ0) is 25.9. The normalized spacial score (nSPS) is 12.0. The molecule has 2 aromatic heterocycles. The molecule has 0 saturated heterocycles. The summed E-state index contributed by atoms with van der Waals surface area (Å²) in [6.45, 7) is 0.305. The number of fused-ring (bicyclic) bond motifs is 2. The fourth-order valence-corrected chi connectivity index (χ4v) is 4.42. The average Bonchev–Trinajstić information content (AvgIpc) is 3.47. The van der Waals surface area contributed by atoms with E-state index in [2.05, 4.69) is 20.6 Å². The average molecular weight is 500 g/mol. The highest BCUT2D eigenvalue weighted by molar-refractivity contribution is 5.98. The number of amides is 2. The molecule has 5 rings (SSSR count). The summed E-state index contributed by atoms with van der Waals surface area (Å²) in [6, 6.07) is 14.1. The van der Waals surface area contributed by atoms with E-state index in [9.17, 15) is 24.2 Å². The summed E-state index contributed by atoms with van der Waals surface area (Å²) in [5, 5.41) is 27.0. The first-order valence-corrected chi connectivity index (χ1v) is 11.8. The van der Waals surface area contributed by atoms with Gasteiger partial charge in [-0.05, 0) is 78.2 Å². The lowest BCUT2D eigenvalue weighted by molar-refractivity contribution is -0.122. The van der Waals surface area contributed by atoms with Crippen molar-refractivity contribution in [1.29, 1.82) is 0 Å². The SMILES string of the molecule is O=C(N[C@@H](Cc1c[nH]c2ccc(O)cc12)C(=O)NCCc1c[nH]c2ccc(O)cc12)c1ccc([18F])cc1. The molecule has 5 aromatic rings. The monoisotopic (exact) mass is 499 g/mol. The zero-order valence-electron chi connectivity index (χ0n) is 19.7. The molecule has 0 aliphatic heterocycles. The molecule has 1 atom stereocenters. The van der Waals surface area contributed by atoms with Crippen molar-refractivity contribution in [2.75, 3.05) is 6.54 Å². The number of carbonyl (C=O) groups is 2. The second-order valence-corrected chi connectivity index (χ2v) is 8.87. The maximum absolute atomic E-state index is 13.3. The van der Waals surface area contributed by atoms with Crippen LogP contribution in [-0.4, -0.2) is 44.6 Å². The largest absolute Gasteiger partial charge is 0.508 e. The number of carbonyl (C=O) groups excluding carboxylic acids is 2. The van der Waals surface area contributed by atoms with E-state index < -0.39 is 17.8 Å². The second kappa shape index (κ2) is 10.1. The molecule has 0 spiro atoms. The molecule has 0 aliphatic carbocycles. The Morgan fingerprint density at radius 2 is 1.43 bits per heavy atom. The summed E-state index contributed by atoms with van der Waals surface area (Å²) < 4.78 is 13.3. The number of nitrogens with one attached hydrogen (secondary N) is 4. The quantitative estimate of drug-likeness (QED) is 0.193. The number of aromatic nitrogens is 2. The first kappa shape index (κ1) is 23.9. The number of rotatable bonds is 8. The third-order valence-electron chi connectivity index (χ3n) is 6.35. The second-order valence-electron chi connectivity index (χ2n) is 8.87. The molecular weight excluding hydrogens is 474 g/mol. The Kier molecular flexibility index (Phi) is 6.51. The van der Waals surface area contributed by atoms with Gasteiger partial charge in [-0.1, -0.05) is 0 Å². The standard InChI is InChI=1S/C28H25FN4O4/c29-19-3-1-16(2-4-19)27(36)33-26(11-18-15-32-25-8-6-21(35)13-23(18)25)28(37)30-10-9-17-14-31-24-7-5-20(34)12-22(17)24/h1-8,12-15,26,31-32,34-35H,9-11H2,(H,30,37)(H,33,36)/t26-/m0/s1/i29-1. The lowest BCUT2D eigenvalue weighted by Crippen LogP contribution is -2.48. The zero-order valence-corrected chi connectivity index (χ0v) is 19.7. The molecule has 8 nitrogen and oxygen atoms in total. The third kappa shape index (κ3) is 5.25. The third-order valence-corrected chi connectivity index (χ3v) is 6.35. The van der Waals surface area contributed by atoms with Gasteiger partial charge in [-0.25, -0.2) is 4.39 Å². The molecule has 9 heteroatoms. The highest BCUT2D eigenvalue weighted by Crippen LogP contribution is 2.25. The highest BCUT2D eigenvalue weighted by Gasteiger charge is 2.23. The summed E-state index contributed by atoms with van der Waals surface area (Å²) in [5.74, 6) is -1.10. The Morgan fingerprint density at radius 1 is 0.838 bits per heavy atom. The smallest absolute Gasteiger partial charge is 0.251 e. The van der Waals surface area contributed by atoms with Crippen LogP contribution in [0, 0.1) is 5.82 Å². The first-order valence-electron chi connectivity index (χ1n) is 11.8. The van der Waals surface area contributed by atoms with Crippen LogP contribution in [0.2, 0.25) is 0 Å². The van der Waals surface area contributed by atoms with Crippen LogP contribution in [0.15, 0.2) is 73.1 Å². The van der Waals surface area contributed by atoms with E-state index in [1.807, 2.05) is 6.20 Å². The van der Waals surface area contributed by atoms with Crippen molar-refractivity contribution < 1.29 is 24.2 Å². The Hall–Kier alpha value is -4.79. The summed E-state index contributed by atoms with van der Waals surface area (Å²) >= 11 is 0. The van der Waals surface area contributed by atoms with E-state index in [1.54, 1.807) is 42.6 Å². The van der Waals surface area contributed by atoms with E-state index in [-0.39, 0.29) is 29.4 Å². The van der Waals surface area contributed by atoms with Gasteiger partial charge in [0.05, 0.1) is 0 Å². The molecule has 0 aliphatic rings. The molecule has 188 valence electrons. The molecule has 0 fully saturated rings. The van der Waals surface area contributed by atoms with Gasteiger partial charge in [-0.2, -0.15) is 0 Å². The van der Waals surface area contributed by atoms with E-state index >= 15 is 0 Å². The Bertz CT molecular complexity index is 1590. The number of halogens is 1. The Balaban J connectivity index is 1.33. The summed E-state index contributed by atoms with van der Waals surface area (Å²) in [6.07, 6.45) is 4.26. The summed E-state index contributed by atoms with van der Waals surface area (Å²) in [5.41, 5.74) is 3.59. The number of aromatic amines is 2. The van der Waals surface area contributed by atoms with Gasteiger partial charge in [0.15, 0.2) is 0 Å². The van der Waals surface area contributed by atoms with Gasteiger partial charge in [0, 0.05) is 52.7 Å².